The highest BCUT2D eigenvalue weighted by Crippen LogP contribution is 2.14. The molecule has 0 unspecified atom stereocenters. The van der Waals surface area contributed by atoms with Gasteiger partial charge in [0, 0.05) is 18.5 Å². The van der Waals surface area contributed by atoms with Gasteiger partial charge in [-0.2, -0.15) is 5.10 Å². The van der Waals surface area contributed by atoms with Crippen molar-refractivity contribution < 1.29 is 14.3 Å². The van der Waals surface area contributed by atoms with Crippen LogP contribution in [0.15, 0.2) is 29.1 Å². The van der Waals surface area contributed by atoms with E-state index in [0.717, 1.165) is 0 Å². The van der Waals surface area contributed by atoms with Gasteiger partial charge in [-0.25, -0.2) is 9.48 Å². The second-order valence-electron chi connectivity index (χ2n) is 7.05. The van der Waals surface area contributed by atoms with E-state index in [2.05, 4.69) is 10.4 Å². The lowest BCUT2D eigenvalue weighted by Gasteiger charge is -2.12. The molecular weight excluding hydrogens is 334 g/mol. The van der Waals surface area contributed by atoms with Gasteiger partial charge in [-0.3, -0.25) is 9.59 Å². The van der Waals surface area contributed by atoms with Gasteiger partial charge in [0.15, 0.2) is 12.3 Å². The molecule has 0 saturated heterocycles. The average Bonchev–Trinajstić information content (AvgIpc) is 2.60. The van der Waals surface area contributed by atoms with Crippen LogP contribution in [0.3, 0.4) is 0 Å². The number of nitrogens with one attached hydrogen (secondary N) is 1. The van der Waals surface area contributed by atoms with Crippen molar-refractivity contribution in [3.8, 4) is 0 Å². The first-order valence-electron chi connectivity index (χ1n) is 8.73. The summed E-state index contributed by atoms with van der Waals surface area (Å²) in [6.45, 7) is 8.38. The number of hydrogen-bond donors (Lipinski definition) is 1. The maximum Gasteiger partial charge on any atom is 0.359 e. The fraction of sp³-hybridized carbons (Fsp3) is 0.474. The highest BCUT2D eigenvalue weighted by atomic mass is 16.5. The Kier molecular flexibility index (Phi) is 6.49. The predicted octanol–water partition coefficient (Wildman–Crippen LogP) is 1.98. The summed E-state index contributed by atoms with van der Waals surface area (Å²) in [4.78, 5) is 36.8. The van der Waals surface area contributed by atoms with E-state index in [4.69, 9.17) is 4.74 Å². The van der Waals surface area contributed by atoms with E-state index in [-0.39, 0.29) is 29.7 Å². The molecule has 7 nitrogen and oxygen atoms in total. The molecule has 0 aliphatic rings. The molecule has 0 radical (unpaired) electrons. The number of carbonyl (C=O) groups is 2. The molecule has 0 bridgehead atoms. The lowest BCUT2D eigenvalue weighted by Crippen LogP contribution is -2.32. The van der Waals surface area contributed by atoms with Crippen LogP contribution >= 0.6 is 0 Å². The molecule has 1 aromatic carbocycles. The number of rotatable bonds is 7. The Hall–Kier alpha value is -2.70. The quantitative estimate of drug-likeness (QED) is 0.764. The predicted molar refractivity (Wildman–Crippen MR) is 99.0 cm³/mol. The number of ether oxygens (including phenoxy) is 1. The summed E-state index contributed by atoms with van der Waals surface area (Å²) in [6, 6.07) is 6.77. The van der Waals surface area contributed by atoms with Crippen LogP contribution in [0.1, 0.15) is 38.2 Å². The van der Waals surface area contributed by atoms with E-state index in [1.807, 2.05) is 27.7 Å². The van der Waals surface area contributed by atoms with E-state index in [0.29, 0.717) is 29.8 Å². The Bertz CT molecular complexity index is 855. The smallest absolute Gasteiger partial charge is 0.359 e. The van der Waals surface area contributed by atoms with Gasteiger partial charge >= 0.3 is 5.97 Å². The highest BCUT2D eigenvalue weighted by molar-refractivity contribution is 6.02. The molecular formula is C19H25N3O4. The van der Waals surface area contributed by atoms with Crippen LogP contribution in [0, 0.1) is 11.8 Å². The standard InChI is InChI=1S/C19H25N3O4/c1-12(2)9-20-16(23)11-26-19(25)17-14-7-5-6-8-15(14)18(24)22(21-17)10-13(3)4/h5-8,12-13H,9-11H2,1-4H3,(H,20,23). The zero-order chi connectivity index (χ0) is 19.3. The lowest BCUT2D eigenvalue weighted by molar-refractivity contribution is -0.124. The van der Waals surface area contributed by atoms with Crippen LogP contribution in [0.4, 0.5) is 0 Å². The number of benzene rings is 1. The molecule has 0 aliphatic carbocycles. The largest absolute Gasteiger partial charge is 0.451 e. The van der Waals surface area contributed by atoms with E-state index in [9.17, 15) is 14.4 Å². The number of esters is 1. The maximum atomic E-state index is 12.5. The summed E-state index contributed by atoms with van der Waals surface area (Å²) in [6.07, 6.45) is 0. The molecule has 1 N–H and O–H groups in total. The van der Waals surface area contributed by atoms with Crippen LogP contribution in [-0.2, 0) is 16.1 Å². The Morgan fingerprint density at radius 3 is 2.38 bits per heavy atom. The molecule has 1 aromatic heterocycles. The number of carbonyl (C=O) groups excluding carboxylic acids is 2. The van der Waals surface area contributed by atoms with Gasteiger partial charge in [-0.15, -0.1) is 0 Å². The molecule has 1 amide bonds. The second kappa shape index (κ2) is 8.60. The van der Waals surface area contributed by atoms with Crippen LogP contribution < -0.4 is 10.9 Å². The molecule has 2 rings (SSSR count). The van der Waals surface area contributed by atoms with E-state index < -0.39 is 5.97 Å². The number of aromatic nitrogens is 2. The van der Waals surface area contributed by atoms with Gasteiger partial charge in [-0.1, -0.05) is 45.9 Å². The molecule has 0 aliphatic heterocycles. The molecule has 0 atom stereocenters. The minimum absolute atomic E-state index is 0.0394. The van der Waals surface area contributed by atoms with E-state index in [1.54, 1.807) is 24.3 Å². The lowest BCUT2D eigenvalue weighted by atomic mass is 10.1. The Labute approximate surface area is 152 Å². The van der Waals surface area contributed by atoms with Crippen LogP contribution in [0.25, 0.3) is 10.8 Å². The fourth-order valence-corrected chi connectivity index (χ4v) is 2.42. The minimum Gasteiger partial charge on any atom is -0.451 e. The van der Waals surface area contributed by atoms with Gasteiger partial charge in [0.25, 0.3) is 11.5 Å². The maximum absolute atomic E-state index is 12.5. The molecule has 1 heterocycles. The Balaban J connectivity index is 2.27. The number of amides is 1. The zero-order valence-electron chi connectivity index (χ0n) is 15.6. The SMILES string of the molecule is CC(C)CNC(=O)COC(=O)c1nn(CC(C)C)c(=O)c2ccccc12. The van der Waals surface area contributed by atoms with Crippen LogP contribution in [0.5, 0.6) is 0 Å². The molecule has 2 aromatic rings. The first-order chi connectivity index (χ1) is 12.3. The van der Waals surface area contributed by atoms with Crippen molar-refractivity contribution in [1.29, 1.82) is 0 Å². The van der Waals surface area contributed by atoms with Crippen molar-refractivity contribution in [3.05, 3.63) is 40.3 Å². The summed E-state index contributed by atoms with van der Waals surface area (Å²) in [5.41, 5.74) is -0.210. The van der Waals surface area contributed by atoms with Crippen molar-refractivity contribution >= 4 is 22.6 Å². The van der Waals surface area contributed by atoms with Crippen molar-refractivity contribution in [1.82, 2.24) is 15.1 Å². The minimum atomic E-state index is -0.724. The molecule has 140 valence electrons. The first-order valence-corrected chi connectivity index (χ1v) is 8.73. The third-order valence-corrected chi connectivity index (χ3v) is 3.64. The van der Waals surface area contributed by atoms with E-state index >= 15 is 0 Å². The second-order valence-corrected chi connectivity index (χ2v) is 7.05. The summed E-state index contributed by atoms with van der Waals surface area (Å²) in [5, 5.41) is 7.70. The fourth-order valence-electron chi connectivity index (χ4n) is 2.42. The highest BCUT2D eigenvalue weighted by Gasteiger charge is 2.19. The first kappa shape index (κ1) is 19.6. The Morgan fingerprint density at radius 2 is 1.77 bits per heavy atom. The summed E-state index contributed by atoms with van der Waals surface area (Å²) in [5.74, 6) is -0.600. The summed E-state index contributed by atoms with van der Waals surface area (Å²) < 4.78 is 6.38. The zero-order valence-corrected chi connectivity index (χ0v) is 15.6. The Morgan fingerprint density at radius 1 is 1.12 bits per heavy atom. The van der Waals surface area contributed by atoms with Gasteiger partial charge in [0.2, 0.25) is 0 Å². The van der Waals surface area contributed by atoms with Gasteiger partial charge < -0.3 is 10.1 Å². The van der Waals surface area contributed by atoms with Gasteiger partial charge in [0.1, 0.15) is 0 Å². The van der Waals surface area contributed by atoms with Crippen LogP contribution in [-0.4, -0.2) is 34.8 Å². The number of fused-ring (bicyclic) bond motifs is 1. The van der Waals surface area contributed by atoms with Crippen molar-refractivity contribution in [2.24, 2.45) is 11.8 Å². The van der Waals surface area contributed by atoms with Crippen LogP contribution in [0.2, 0.25) is 0 Å². The molecule has 0 saturated carbocycles. The van der Waals surface area contributed by atoms with Crippen molar-refractivity contribution in [3.63, 3.8) is 0 Å². The number of hydrogen-bond acceptors (Lipinski definition) is 5. The molecule has 7 heteroatoms. The number of nitrogens with zero attached hydrogens (tertiary/aromatic N) is 2. The van der Waals surface area contributed by atoms with Crippen molar-refractivity contribution in [2.45, 2.75) is 34.2 Å². The van der Waals surface area contributed by atoms with E-state index in [1.165, 1.54) is 4.68 Å². The average molecular weight is 359 g/mol. The van der Waals surface area contributed by atoms with Crippen molar-refractivity contribution in [2.75, 3.05) is 13.2 Å². The third kappa shape index (κ3) is 4.91. The summed E-state index contributed by atoms with van der Waals surface area (Å²) >= 11 is 0. The monoisotopic (exact) mass is 359 g/mol. The summed E-state index contributed by atoms with van der Waals surface area (Å²) in [7, 11) is 0. The topological polar surface area (TPSA) is 90.3 Å². The van der Waals surface area contributed by atoms with Gasteiger partial charge in [0.05, 0.1) is 5.39 Å². The normalized spacial score (nSPS) is 11.2. The molecule has 0 fully saturated rings. The molecule has 26 heavy (non-hydrogen) atoms. The molecule has 0 spiro atoms. The third-order valence-electron chi connectivity index (χ3n) is 3.64. The van der Waals surface area contributed by atoms with Gasteiger partial charge in [-0.05, 0) is 17.9 Å².